The highest BCUT2D eigenvalue weighted by Crippen LogP contribution is 2.40. The molecule has 28 heavy (non-hydrogen) atoms. The number of hydrogen-bond donors (Lipinski definition) is 2. The van der Waals surface area contributed by atoms with Gasteiger partial charge in [-0.25, -0.2) is 8.42 Å². The van der Waals surface area contributed by atoms with E-state index in [2.05, 4.69) is 17.2 Å². The van der Waals surface area contributed by atoms with E-state index in [1.165, 1.54) is 11.8 Å². The van der Waals surface area contributed by atoms with Gasteiger partial charge in [0.2, 0.25) is 0 Å². The van der Waals surface area contributed by atoms with Crippen molar-refractivity contribution in [2.24, 2.45) is 0 Å². The number of unbranched alkanes of at least 4 members (excludes halogenated alkanes) is 1. The van der Waals surface area contributed by atoms with Crippen LogP contribution in [0.2, 0.25) is 5.02 Å². The van der Waals surface area contributed by atoms with Crippen LogP contribution in [0.4, 0.5) is 0 Å². The van der Waals surface area contributed by atoms with E-state index in [9.17, 15) is 13.2 Å². The van der Waals surface area contributed by atoms with Crippen LogP contribution >= 0.6 is 23.4 Å². The van der Waals surface area contributed by atoms with Crippen molar-refractivity contribution in [3.8, 4) is 0 Å². The smallest absolute Gasteiger partial charge is 0.268 e. The SMILES string of the molecule is CCCCNC(=O)c1[nH]c2cc(S(C)(=O)=O)ccc2c1Sc1ccccc1Cl. The number of amides is 1. The number of aromatic nitrogens is 1. The van der Waals surface area contributed by atoms with Crippen LogP contribution in [0.25, 0.3) is 10.9 Å². The minimum Gasteiger partial charge on any atom is -0.351 e. The van der Waals surface area contributed by atoms with Gasteiger partial charge in [-0.15, -0.1) is 0 Å². The molecule has 8 heteroatoms. The Morgan fingerprint density at radius 2 is 1.96 bits per heavy atom. The summed E-state index contributed by atoms with van der Waals surface area (Å²) in [5, 5.41) is 4.28. The molecule has 2 aromatic carbocycles. The molecule has 148 valence electrons. The second-order valence-corrected chi connectivity index (χ2v) is 9.93. The largest absolute Gasteiger partial charge is 0.351 e. The molecular formula is C20H21ClN2O3S2. The third-order valence-electron chi connectivity index (χ3n) is 4.24. The minimum absolute atomic E-state index is 0.202. The van der Waals surface area contributed by atoms with Crippen LogP contribution in [-0.2, 0) is 9.84 Å². The first-order valence-corrected chi connectivity index (χ1v) is 12.0. The average Bonchev–Trinajstić information content (AvgIpc) is 3.01. The Kier molecular flexibility index (Phi) is 6.37. The Hall–Kier alpha value is -1.96. The molecule has 5 nitrogen and oxygen atoms in total. The number of benzene rings is 2. The summed E-state index contributed by atoms with van der Waals surface area (Å²) in [7, 11) is -3.35. The first kappa shape index (κ1) is 20.8. The molecule has 0 aliphatic carbocycles. The number of aromatic amines is 1. The lowest BCUT2D eigenvalue weighted by Gasteiger charge is -2.07. The molecule has 3 aromatic rings. The van der Waals surface area contributed by atoms with Gasteiger partial charge in [0.25, 0.3) is 5.91 Å². The predicted molar refractivity (Wildman–Crippen MR) is 114 cm³/mol. The second kappa shape index (κ2) is 8.59. The number of sulfone groups is 1. The lowest BCUT2D eigenvalue weighted by atomic mass is 10.2. The van der Waals surface area contributed by atoms with E-state index < -0.39 is 9.84 Å². The zero-order valence-corrected chi connectivity index (χ0v) is 18.0. The van der Waals surface area contributed by atoms with Crippen molar-refractivity contribution in [1.82, 2.24) is 10.3 Å². The van der Waals surface area contributed by atoms with Gasteiger partial charge in [-0.1, -0.05) is 54.9 Å². The Bertz CT molecular complexity index is 1120. The van der Waals surface area contributed by atoms with Crippen molar-refractivity contribution in [3.63, 3.8) is 0 Å². The summed E-state index contributed by atoms with van der Waals surface area (Å²) in [5.41, 5.74) is 1.000. The fourth-order valence-corrected chi connectivity index (χ4v) is 4.72. The van der Waals surface area contributed by atoms with Crippen LogP contribution in [0, 0.1) is 0 Å². The van der Waals surface area contributed by atoms with Crippen LogP contribution in [0.3, 0.4) is 0 Å². The highest BCUT2D eigenvalue weighted by atomic mass is 35.5. The third-order valence-corrected chi connectivity index (χ3v) is 7.00. The molecule has 2 N–H and O–H groups in total. The molecule has 0 radical (unpaired) electrons. The zero-order chi connectivity index (χ0) is 20.3. The minimum atomic E-state index is -3.35. The standard InChI is InChI=1S/C20H21ClN2O3S2/c1-3-4-11-22-20(24)18-19(27-17-8-6-5-7-15(17)21)14-10-9-13(28(2,25)26)12-16(14)23-18/h5-10,12,23H,3-4,11H2,1-2H3,(H,22,24). The van der Waals surface area contributed by atoms with Gasteiger partial charge in [-0.3, -0.25) is 4.79 Å². The highest BCUT2D eigenvalue weighted by molar-refractivity contribution is 7.99. The van der Waals surface area contributed by atoms with Crippen molar-refractivity contribution in [2.75, 3.05) is 12.8 Å². The van der Waals surface area contributed by atoms with Crippen LogP contribution < -0.4 is 5.32 Å². The lowest BCUT2D eigenvalue weighted by molar-refractivity contribution is 0.0946. The molecule has 0 atom stereocenters. The highest BCUT2D eigenvalue weighted by Gasteiger charge is 2.21. The molecule has 3 rings (SSSR count). The molecule has 0 saturated carbocycles. The number of H-pyrrole nitrogens is 1. The maximum absolute atomic E-state index is 12.8. The Balaban J connectivity index is 2.10. The number of nitrogens with one attached hydrogen (secondary N) is 2. The average molecular weight is 437 g/mol. The van der Waals surface area contributed by atoms with Gasteiger partial charge in [-0.2, -0.15) is 0 Å². The first-order valence-electron chi connectivity index (χ1n) is 8.87. The van der Waals surface area contributed by atoms with E-state index in [1.807, 2.05) is 18.2 Å². The van der Waals surface area contributed by atoms with E-state index in [1.54, 1.807) is 24.3 Å². The van der Waals surface area contributed by atoms with Crippen LogP contribution in [0.5, 0.6) is 0 Å². The van der Waals surface area contributed by atoms with Crippen molar-refractivity contribution in [2.45, 2.75) is 34.5 Å². The molecule has 0 aliphatic rings. The van der Waals surface area contributed by atoms with E-state index in [0.29, 0.717) is 22.8 Å². The Morgan fingerprint density at radius 1 is 1.21 bits per heavy atom. The number of carbonyl (C=O) groups excluding carboxylic acids is 1. The van der Waals surface area contributed by atoms with E-state index in [-0.39, 0.29) is 10.8 Å². The molecule has 0 unspecified atom stereocenters. The van der Waals surface area contributed by atoms with Crippen molar-refractivity contribution in [1.29, 1.82) is 0 Å². The molecule has 1 amide bonds. The Labute approximate surface area is 173 Å². The molecule has 1 aromatic heterocycles. The number of carbonyl (C=O) groups is 1. The molecule has 0 aliphatic heterocycles. The summed E-state index contributed by atoms with van der Waals surface area (Å²) in [6, 6.07) is 12.2. The number of fused-ring (bicyclic) bond motifs is 1. The van der Waals surface area contributed by atoms with E-state index in [4.69, 9.17) is 11.6 Å². The summed E-state index contributed by atoms with van der Waals surface area (Å²) in [4.78, 5) is 17.6. The van der Waals surface area contributed by atoms with E-state index in [0.717, 1.165) is 34.3 Å². The lowest BCUT2D eigenvalue weighted by Crippen LogP contribution is -2.25. The van der Waals surface area contributed by atoms with Crippen LogP contribution in [0.15, 0.2) is 57.2 Å². The fourth-order valence-electron chi connectivity index (χ4n) is 2.75. The summed E-state index contributed by atoms with van der Waals surface area (Å²) < 4.78 is 23.8. The molecule has 0 bridgehead atoms. The van der Waals surface area contributed by atoms with Gasteiger partial charge in [0.1, 0.15) is 5.69 Å². The third kappa shape index (κ3) is 4.54. The summed E-state index contributed by atoms with van der Waals surface area (Å²) >= 11 is 7.69. The van der Waals surface area contributed by atoms with Crippen LogP contribution in [-0.4, -0.2) is 32.1 Å². The molecular weight excluding hydrogens is 416 g/mol. The van der Waals surface area contributed by atoms with Crippen molar-refractivity contribution in [3.05, 3.63) is 53.2 Å². The normalized spacial score (nSPS) is 11.7. The van der Waals surface area contributed by atoms with Gasteiger partial charge < -0.3 is 10.3 Å². The van der Waals surface area contributed by atoms with Gasteiger partial charge in [0.05, 0.1) is 14.8 Å². The maximum atomic E-state index is 12.8. The molecule has 0 saturated heterocycles. The first-order chi connectivity index (χ1) is 13.3. The number of hydrogen-bond acceptors (Lipinski definition) is 4. The monoisotopic (exact) mass is 436 g/mol. The van der Waals surface area contributed by atoms with Gasteiger partial charge >= 0.3 is 0 Å². The second-order valence-electron chi connectivity index (χ2n) is 6.45. The topological polar surface area (TPSA) is 79.0 Å². The number of halogens is 1. The fraction of sp³-hybridized carbons (Fsp3) is 0.250. The quantitative estimate of drug-likeness (QED) is 0.516. The zero-order valence-electron chi connectivity index (χ0n) is 15.6. The van der Waals surface area contributed by atoms with Gasteiger partial charge in [0.15, 0.2) is 9.84 Å². The maximum Gasteiger partial charge on any atom is 0.268 e. The Morgan fingerprint density at radius 3 is 2.64 bits per heavy atom. The van der Waals surface area contributed by atoms with Crippen LogP contribution in [0.1, 0.15) is 30.3 Å². The van der Waals surface area contributed by atoms with Crippen molar-refractivity contribution >= 4 is 50.0 Å². The summed E-state index contributed by atoms with van der Waals surface area (Å²) in [6.07, 6.45) is 3.03. The van der Waals surface area contributed by atoms with E-state index >= 15 is 0 Å². The molecule has 0 spiro atoms. The summed E-state index contributed by atoms with van der Waals surface area (Å²) in [5.74, 6) is -0.222. The van der Waals surface area contributed by atoms with Gasteiger partial charge in [0, 0.05) is 28.6 Å². The molecule has 1 heterocycles. The molecule has 0 fully saturated rings. The predicted octanol–water partition coefficient (Wildman–Crippen LogP) is 4.91. The van der Waals surface area contributed by atoms with Gasteiger partial charge in [-0.05, 0) is 30.7 Å². The van der Waals surface area contributed by atoms with Crippen molar-refractivity contribution < 1.29 is 13.2 Å². The summed E-state index contributed by atoms with van der Waals surface area (Å²) in [6.45, 7) is 2.63. The number of rotatable bonds is 7.